The van der Waals surface area contributed by atoms with Crippen LogP contribution in [0.3, 0.4) is 0 Å². The van der Waals surface area contributed by atoms with Crippen molar-refractivity contribution < 1.29 is 0 Å². The molecule has 0 bridgehead atoms. The quantitative estimate of drug-likeness (QED) is 0.248. The topological polar surface area (TPSA) is 0 Å². The largest absolute Gasteiger partial charge is 0.0616 e. The number of rotatable bonds is 0. The maximum atomic E-state index is 2.38. The van der Waals surface area contributed by atoms with Crippen LogP contribution in [-0.4, -0.2) is 0 Å². The van der Waals surface area contributed by atoms with E-state index in [2.05, 4.69) is 97.1 Å². The third-order valence-electron chi connectivity index (χ3n) is 7.08. The van der Waals surface area contributed by atoms with Crippen molar-refractivity contribution in [2.75, 3.05) is 0 Å². The molecule has 0 saturated heterocycles. The highest BCUT2D eigenvalue weighted by Gasteiger charge is 2.19. The minimum Gasteiger partial charge on any atom is -0.0616 e. The fourth-order valence-corrected chi connectivity index (χ4v) is 5.64. The first-order chi connectivity index (χ1) is 14.9. The second-order valence-electron chi connectivity index (χ2n) is 8.56. The summed E-state index contributed by atoms with van der Waals surface area (Å²) in [6.45, 7) is 0. The molecule has 0 fully saturated rings. The van der Waals surface area contributed by atoms with Crippen LogP contribution in [0.5, 0.6) is 0 Å². The van der Waals surface area contributed by atoms with Crippen molar-refractivity contribution in [3.05, 3.63) is 97.1 Å². The highest BCUT2D eigenvalue weighted by Crippen LogP contribution is 2.48. The number of hydrogen-bond donors (Lipinski definition) is 0. The summed E-state index contributed by atoms with van der Waals surface area (Å²) in [5, 5.41) is 19.3. The summed E-state index contributed by atoms with van der Waals surface area (Å²) >= 11 is 0. The van der Waals surface area contributed by atoms with Crippen LogP contribution in [0.1, 0.15) is 0 Å². The van der Waals surface area contributed by atoms with Gasteiger partial charge in [0.25, 0.3) is 0 Å². The number of fused-ring (bicyclic) bond motifs is 13. The van der Waals surface area contributed by atoms with Gasteiger partial charge >= 0.3 is 0 Å². The van der Waals surface area contributed by atoms with Gasteiger partial charge in [-0.2, -0.15) is 0 Å². The van der Waals surface area contributed by atoms with Crippen molar-refractivity contribution in [3.8, 4) is 0 Å². The first-order valence-electron chi connectivity index (χ1n) is 10.5. The third-order valence-corrected chi connectivity index (χ3v) is 7.08. The van der Waals surface area contributed by atoms with Gasteiger partial charge in [-0.1, -0.05) is 72.8 Å². The van der Waals surface area contributed by atoms with Crippen LogP contribution >= 0.6 is 0 Å². The van der Waals surface area contributed by atoms with E-state index in [9.17, 15) is 0 Å². The molecular formula is C30H16. The molecule has 0 saturated carbocycles. The van der Waals surface area contributed by atoms with E-state index >= 15 is 0 Å². The summed E-state index contributed by atoms with van der Waals surface area (Å²) in [5.74, 6) is 0. The van der Waals surface area contributed by atoms with Crippen molar-refractivity contribution in [2.24, 2.45) is 0 Å². The Morgan fingerprint density at radius 3 is 1.10 bits per heavy atom. The Hall–Kier alpha value is -3.90. The maximum Gasteiger partial charge on any atom is -0.00137 e. The van der Waals surface area contributed by atoms with Crippen LogP contribution in [0, 0.1) is 0 Å². The molecule has 0 radical (unpaired) electrons. The molecule has 0 unspecified atom stereocenters. The summed E-state index contributed by atoms with van der Waals surface area (Å²) < 4.78 is 0. The molecule has 136 valence electrons. The molecular weight excluding hydrogens is 360 g/mol. The normalized spacial score (nSPS) is 12.7. The van der Waals surface area contributed by atoms with Crippen LogP contribution < -0.4 is 0 Å². The lowest BCUT2D eigenvalue weighted by atomic mass is 9.82. The van der Waals surface area contributed by atoms with E-state index in [0.29, 0.717) is 0 Å². The van der Waals surface area contributed by atoms with Gasteiger partial charge in [0, 0.05) is 0 Å². The SMILES string of the molecule is c1ccc2cc3c(cc2c1)c1ccc2ccc4c5cc6ccccc6cc5c4c2c13. The molecule has 0 atom stereocenters. The van der Waals surface area contributed by atoms with E-state index in [-0.39, 0.29) is 0 Å². The second-order valence-corrected chi connectivity index (χ2v) is 8.56. The van der Waals surface area contributed by atoms with Crippen LogP contribution in [0.25, 0.3) is 75.4 Å². The molecule has 0 spiro atoms. The summed E-state index contributed by atoms with van der Waals surface area (Å²) in [4.78, 5) is 0. The first-order valence-corrected chi connectivity index (χ1v) is 10.5. The average Bonchev–Trinajstić information content (AvgIpc) is 2.78. The van der Waals surface area contributed by atoms with Gasteiger partial charge in [0.2, 0.25) is 0 Å². The molecule has 0 aromatic heterocycles. The van der Waals surface area contributed by atoms with Crippen LogP contribution in [0.4, 0.5) is 0 Å². The third kappa shape index (κ3) is 1.66. The molecule has 0 aliphatic carbocycles. The summed E-state index contributed by atoms with van der Waals surface area (Å²) in [6.07, 6.45) is 0. The Labute approximate surface area is 172 Å². The van der Waals surface area contributed by atoms with Gasteiger partial charge in [0.15, 0.2) is 0 Å². The highest BCUT2D eigenvalue weighted by molar-refractivity contribution is 6.44. The molecule has 8 aromatic carbocycles. The highest BCUT2D eigenvalue weighted by atomic mass is 14.2. The standard InChI is InChI=1S/C30H16/c1-3-7-20-15-26-24(13-18(20)5-1)22-11-9-17-10-12-23-25-14-19-6-2-4-8-21(19)16-27(25)30(23)28(17)29(22)26/h1-16H. The van der Waals surface area contributed by atoms with E-state index in [1.165, 1.54) is 75.4 Å². The Bertz CT molecular complexity index is 1800. The lowest BCUT2D eigenvalue weighted by Crippen LogP contribution is -1.92. The number of hydrogen-bond acceptors (Lipinski definition) is 0. The second kappa shape index (κ2) is 4.98. The zero-order valence-corrected chi connectivity index (χ0v) is 16.2. The van der Waals surface area contributed by atoms with E-state index in [1.54, 1.807) is 0 Å². The van der Waals surface area contributed by atoms with Crippen LogP contribution in [-0.2, 0) is 0 Å². The van der Waals surface area contributed by atoms with Gasteiger partial charge in [0.1, 0.15) is 0 Å². The van der Waals surface area contributed by atoms with E-state index in [1.807, 2.05) is 0 Å². The molecule has 0 nitrogen and oxygen atoms in total. The van der Waals surface area contributed by atoms with Crippen LogP contribution in [0.15, 0.2) is 97.1 Å². The van der Waals surface area contributed by atoms with Crippen molar-refractivity contribution in [2.45, 2.75) is 0 Å². The van der Waals surface area contributed by atoms with Gasteiger partial charge in [-0.25, -0.2) is 0 Å². The Kier molecular flexibility index (Phi) is 2.49. The molecule has 30 heavy (non-hydrogen) atoms. The summed E-state index contributed by atoms with van der Waals surface area (Å²) in [7, 11) is 0. The van der Waals surface area contributed by atoms with Crippen molar-refractivity contribution >= 4 is 75.4 Å². The van der Waals surface area contributed by atoms with Crippen molar-refractivity contribution in [1.82, 2.24) is 0 Å². The fraction of sp³-hybridized carbons (Fsp3) is 0. The zero-order chi connectivity index (χ0) is 19.4. The van der Waals surface area contributed by atoms with Crippen LogP contribution in [0.2, 0.25) is 0 Å². The Balaban J connectivity index is 1.59. The molecule has 0 heterocycles. The van der Waals surface area contributed by atoms with Gasteiger partial charge in [-0.05, 0) is 99.7 Å². The van der Waals surface area contributed by atoms with Gasteiger partial charge in [0.05, 0.1) is 0 Å². The number of benzene rings is 6. The monoisotopic (exact) mass is 376 g/mol. The summed E-state index contributed by atoms with van der Waals surface area (Å²) in [6, 6.07) is 36.1. The Morgan fingerprint density at radius 1 is 0.267 bits per heavy atom. The van der Waals surface area contributed by atoms with E-state index in [0.717, 1.165) is 0 Å². The van der Waals surface area contributed by atoms with Gasteiger partial charge in [-0.15, -0.1) is 0 Å². The smallest absolute Gasteiger partial charge is 0.00137 e. The molecule has 8 rings (SSSR count). The van der Waals surface area contributed by atoms with Crippen molar-refractivity contribution in [1.29, 1.82) is 0 Å². The molecule has 8 aromatic rings. The van der Waals surface area contributed by atoms with Gasteiger partial charge < -0.3 is 0 Å². The minimum absolute atomic E-state index is 1.32. The van der Waals surface area contributed by atoms with E-state index < -0.39 is 0 Å². The van der Waals surface area contributed by atoms with E-state index in [4.69, 9.17) is 0 Å². The molecule has 0 aliphatic heterocycles. The first kappa shape index (κ1) is 15.0. The minimum atomic E-state index is 1.32. The lowest BCUT2D eigenvalue weighted by Gasteiger charge is -2.20. The van der Waals surface area contributed by atoms with Gasteiger partial charge in [-0.3, -0.25) is 0 Å². The lowest BCUT2D eigenvalue weighted by molar-refractivity contribution is 1.79. The molecule has 0 amide bonds. The Morgan fingerprint density at radius 2 is 0.667 bits per heavy atom. The molecule has 0 N–H and O–H groups in total. The maximum absolute atomic E-state index is 2.38. The molecule has 0 heteroatoms. The fourth-order valence-electron chi connectivity index (χ4n) is 5.64. The van der Waals surface area contributed by atoms with Crippen molar-refractivity contribution in [3.63, 3.8) is 0 Å². The average molecular weight is 376 g/mol. The summed E-state index contributed by atoms with van der Waals surface area (Å²) in [5.41, 5.74) is 0. The predicted molar refractivity (Wildman–Crippen MR) is 131 cm³/mol. The zero-order valence-electron chi connectivity index (χ0n) is 16.2. The molecule has 0 aliphatic rings. The predicted octanol–water partition coefficient (Wildman–Crippen LogP) is 8.63.